The van der Waals surface area contributed by atoms with Gasteiger partial charge in [-0.25, -0.2) is 4.72 Å². The fourth-order valence-corrected chi connectivity index (χ4v) is 2.92. The fourth-order valence-electron chi connectivity index (χ4n) is 1.88. The molecule has 1 aromatic rings. The van der Waals surface area contributed by atoms with Crippen LogP contribution in [-0.4, -0.2) is 31.2 Å². The summed E-state index contributed by atoms with van der Waals surface area (Å²) in [4.78, 5) is 0. The van der Waals surface area contributed by atoms with Crippen LogP contribution >= 0.6 is 0 Å². The number of anilines is 1. The van der Waals surface area contributed by atoms with E-state index < -0.39 is 10.2 Å². The monoisotopic (exact) mass is 273 g/mol. The first kappa shape index (κ1) is 11.9. The van der Waals surface area contributed by atoms with E-state index in [-0.39, 0.29) is 18.1 Å². The summed E-state index contributed by atoms with van der Waals surface area (Å²) in [7, 11) is -3.60. The molecule has 0 aromatic carbocycles. The lowest BCUT2D eigenvalue weighted by Gasteiger charge is -2.04. The van der Waals surface area contributed by atoms with Crippen molar-refractivity contribution in [3.8, 4) is 0 Å². The molecule has 0 amide bonds. The average Bonchev–Trinajstić information content (AvgIpc) is 2.83. The van der Waals surface area contributed by atoms with E-state index in [0.717, 1.165) is 32.2 Å². The van der Waals surface area contributed by atoms with Crippen molar-refractivity contribution in [2.75, 3.05) is 11.3 Å². The van der Waals surface area contributed by atoms with E-state index in [0.29, 0.717) is 5.89 Å². The van der Waals surface area contributed by atoms with Gasteiger partial charge in [-0.3, -0.25) is 0 Å². The van der Waals surface area contributed by atoms with Crippen molar-refractivity contribution < 1.29 is 12.8 Å². The van der Waals surface area contributed by atoms with Crippen molar-refractivity contribution in [3.05, 3.63) is 5.89 Å². The van der Waals surface area contributed by atoms with Crippen LogP contribution in [0.25, 0.3) is 0 Å². The Labute approximate surface area is 105 Å². The highest BCUT2D eigenvalue weighted by molar-refractivity contribution is 7.90. The molecule has 1 aliphatic heterocycles. The van der Waals surface area contributed by atoms with Gasteiger partial charge in [0.15, 0.2) is 0 Å². The Kier molecular flexibility index (Phi) is 2.96. The summed E-state index contributed by atoms with van der Waals surface area (Å²) in [5, 5.41) is 10.7. The van der Waals surface area contributed by atoms with Crippen molar-refractivity contribution in [2.45, 2.75) is 37.8 Å². The Hall–Kier alpha value is -1.19. The van der Waals surface area contributed by atoms with E-state index in [1.54, 1.807) is 0 Å². The highest BCUT2D eigenvalue weighted by Gasteiger charge is 2.28. The van der Waals surface area contributed by atoms with E-state index in [9.17, 15) is 8.42 Å². The zero-order valence-corrected chi connectivity index (χ0v) is 10.5. The predicted molar refractivity (Wildman–Crippen MR) is 63.0 cm³/mol. The molecule has 18 heavy (non-hydrogen) atoms. The van der Waals surface area contributed by atoms with Gasteiger partial charge in [-0.2, -0.15) is 13.1 Å². The maximum absolute atomic E-state index is 11.6. The molecule has 0 bridgehead atoms. The summed E-state index contributed by atoms with van der Waals surface area (Å²) in [6.45, 7) is 0.914. The molecule has 2 heterocycles. The highest BCUT2D eigenvalue weighted by Crippen LogP contribution is 2.23. The SMILES string of the molecule is O=S(=O)(Nc1nnc(C2CCCN2)o1)NC1CC1. The molecular weight excluding hydrogens is 258 g/mol. The summed E-state index contributed by atoms with van der Waals surface area (Å²) < 4.78 is 33.2. The Balaban J connectivity index is 1.65. The molecule has 8 nitrogen and oxygen atoms in total. The third-order valence-electron chi connectivity index (χ3n) is 2.92. The molecule has 9 heteroatoms. The fraction of sp³-hybridized carbons (Fsp3) is 0.778. The quantitative estimate of drug-likeness (QED) is 0.691. The van der Waals surface area contributed by atoms with E-state index in [2.05, 4.69) is 25.0 Å². The number of hydrogen-bond acceptors (Lipinski definition) is 6. The topological polar surface area (TPSA) is 109 Å². The Morgan fingerprint density at radius 2 is 2.11 bits per heavy atom. The molecule has 0 radical (unpaired) electrons. The van der Waals surface area contributed by atoms with Crippen LogP contribution in [0.15, 0.2) is 4.42 Å². The normalized spacial score (nSPS) is 24.3. The van der Waals surface area contributed by atoms with Gasteiger partial charge >= 0.3 is 16.2 Å². The van der Waals surface area contributed by atoms with Crippen LogP contribution in [0, 0.1) is 0 Å². The van der Waals surface area contributed by atoms with Crippen molar-refractivity contribution in [1.82, 2.24) is 20.2 Å². The minimum atomic E-state index is -3.60. The number of nitrogens with one attached hydrogen (secondary N) is 3. The smallest absolute Gasteiger partial charge is 0.330 e. The Morgan fingerprint density at radius 1 is 1.28 bits per heavy atom. The minimum Gasteiger partial charge on any atom is -0.406 e. The third kappa shape index (κ3) is 2.79. The van der Waals surface area contributed by atoms with E-state index >= 15 is 0 Å². The second kappa shape index (κ2) is 4.48. The van der Waals surface area contributed by atoms with Gasteiger partial charge in [0.1, 0.15) is 0 Å². The summed E-state index contributed by atoms with van der Waals surface area (Å²) in [6, 6.07) is -0.0135. The van der Waals surface area contributed by atoms with E-state index in [1.807, 2.05) is 0 Å². The first-order valence-corrected chi connectivity index (χ1v) is 7.47. The van der Waals surface area contributed by atoms with Crippen LogP contribution in [0.3, 0.4) is 0 Å². The van der Waals surface area contributed by atoms with Crippen molar-refractivity contribution in [1.29, 1.82) is 0 Å². The van der Waals surface area contributed by atoms with Crippen LogP contribution in [-0.2, 0) is 10.2 Å². The molecule has 1 saturated heterocycles. The van der Waals surface area contributed by atoms with Gasteiger partial charge in [0.05, 0.1) is 6.04 Å². The molecule has 1 aliphatic carbocycles. The second-order valence-corrected chi connectivity index (χ2v) is 6.04. The summed E-state index contributed by atoms with van der Waals surface area (Å²) in [6.07, 6.45) is 3.73. The third-order valence-corrected chi connectivity index (χ3v) is 4.01. The lowest BCUT2D eigenvalue weighted by atomic mass is 10.2. The molecule has 2 aliphatic rings. The van der Waals surface area contributed by atoms with Gasteiger partial charge in [-0.15, -0.1) is 5.10 Å². The number of aromatic nitrogens is 2. The van der Waals surface area contributed by atoms with Crippen LogP contribution in [0.5, 0.6) is 0 Å². The van der Waals surface area contributed by atoms with Crippen LogP contribution < -0.4 is 14.8 Å². The summed E-state index contributed by atoms with van der Waals surface area (Å²) in [5.41, 5.74) is 0. The molecule has 1 aromatic heterocycles. The lowest BCUT2D eigenvalue weighted by molar-refractivity contribution is 0.439. The van der Waals surface area contributed by atoms with Crippen molar-refractivity contribution >= 4 is 16.2 Å². The van der Waals surface area contributed by atoms with Gasteiger partial charge in [0.25, 0.3) is 0 Å². The zero-order chi connectivity index (χ0) is 12.6. The lowest BCUT2D eigenvalue weighted by Crippen LogP contribution is -2.31. The predicted octanol–water partition coefficient (Wildman–Crippen LogP) is -0.0972. The Bertz CT molecular complexity index is 518. The van der Waals surface area contributed by atoms with Crippen molar-refractivity contribution in [2.24, 2.45) is 0 Å². The molecule has 2 fully saturated rings. The molecule has 1 unspecified atom stereocenters. The largest absolute Gasteiger partial charge is 0.406 e. The second-order valence-electron chi connectivity index (χ2n) is 4.59. The molecule has 0 spiro atoms. The molecule has 1 atom stereocenters. The van der Waals surface area contributed by atoms with Crippen molar-refractivity contribution in [3.63, 3.8) is 0 Å². The first-order valence-electron chi connectivity index (χ1n) is 5.99. The van der Waals surface area contributed by atoms with Gasteiger partial charge in [-0.1, -0.05) is 5.10 Å². The Morgan fingerprint density at radius 3 is 2.78 bits per heavy atom. The van der Waals surface area contributed by atoms with Gasteiger partial charge < -0.3 is 9.73 Å². The van der Waals surface area contributed by atoms with E-state index in [4.69, 9.17) is 4.42 Å². The molecule has 3 N–H and O–H groups in total. The first-order chi connectivity index (χ1) is 8.62. The number of rotatable bonds is 5. The van der Waals surface area contributed by atoms with Gasteiger partial charge in [0, 0.05) is 6.04 Å². The van der Waals surface area contributed by atoms with Gasteiger partial charge in [0.2, 0.25) is 5.89 Å². The maximum atomic E-state index is 11.6. The number of nitrogens with zero attached hydrogens (tertiary/aromatic N) is 2. The highest BCUT2D eigenvalue weighted by atomic mass is 32.2. The maximum Gasteiger partial charge on any atom is 0.330 e. The standard InChI is InChI=1S/C9H15N5O3S/c15-18(16,13-6-3-4-6)14-9-12-11-8(17-9)7-2-1-5-10-7/h6-7,10,13H,1-5H2,(H,12,14). The summed E-state index contributed by atoms with van der Waals surface area (Å²) >= 11 is 0. The van der Waals surface area contributed by atoms with Gasteiger partial charge in [-0.05, 0) is 32.2 Å². The molecular formula is C9H15N5O3S. The molecule has 3 rings (SSSR count). The molecule has 1 saturated carbocycles. The molecule has 100 valence electrons. The summed E-state index contributed by atoms with van der Waals surface area (Å²) in [5.74, 6) is 0.427. The zero-order valence-electron chi connectivity index (χ0n) is 9.72. The van der Waals surface area contributed by atoms with Crippen LogP contribution in [0.4, 0.5) is 6.01 Å². The number of hydrogen-bond donors (Lipinski definition) is 3. The van der Waals surface area contributed by atoms with Crippen LogP contribution in [0.2, 0.25) is 0 Å². The average molecular weight is 273 g/mol. The minimum absolute atomic E-state index is 0.0344. The van der Waals surface area contributed by atoms with E-state index in [1.165, 1.54) is 0 Å². The van der Waals surface area contributed by atoms with Crippen LogP contribution in [0.1, 0.15) is 37.6 Å².